The van der Waals surface area contributed by atoms with E-state index in [0.717, 1.165) is 34.8 Å². The lowest BCUT2D eigenvalue weighted by atomic mass is 10.0. The van der Waals surface area contributed by atoms with E-state index in [1.54, 1.807) is 11.3 Å². The maximum Gasteiger partial charge on any atom is 0.227 e. The molecule has 1 spiro atoms. The van der Waals surface area contributed by atoms with Crippen molar-refractivity contribution in [3.63, 3.8) is 0 Å². The van der Waals surface area contributed by atoms with Crippen LogP contribution in [0.3, 0.4) is 0 Å². The van der Waals surface area contributed by atoms with Crippen LogP contribution in [0.5, 0.6) is 0 Å². The maximum atomic E-state index is 12.9. The summed E-state index contributed by atoms with van der Waals surface area (Å²) < 4.78 is 11.5. The number of piperidine rings is 1. The minimum absolute atomic E-state index is 0.173. The van der Waals surface area contributed by atoms with Gasteiger partial charge < -0.3 is 14.4 Å². The predicted octanol–water partition coefficient (Wildman–Crippen LogP) is 4.10. The van der Waals surface area contributed by atoms with Crippen LogP contribution in [0.4, 0.5) is 0 Å². The number of hydrogen-bond donors (Lipinski definition) is 0. The molecule has 30 heavy (non-hydrogen) atoms. The van der Waals surface area contributed by atoms with E-state index in [1.165, 1.54) is 16.3 Å². The Bertz CT molecular complexity index is 1060. The highest BCUT2D eigenvalue weighted by Crippen LogP contribution is 2.32. The Morgan fingerprint density at radius 2 is 1.83 bits per heavy atom. The van der Waals surface area contributed by atoms with Crippen molar-refractivity contribution in [3.05, 3.63) is 63.6 Å². The highest BCUT2D eigenvalue weighted by atomic mass is 32.1. The van der Waals surface area contributed by atoms with Gasteiger partial charge in [0.2, 0.25) is 5.91 Å². The summed E-state index contributed by atoms with van der Waals surface area (Å²) in [4.78, 5) is 20.7. The van der Waals surface area contributed by atoms with E-state index >= 15 is 0 Å². The molecule has 0 unspecified atom stereocenters. The van der Waals surface area contributed by atoms with E-state index in [4.69, 9.17) is 14.5 Å². The fourth-order valence-corrected chi connectivity index (χ4v) is 5.55. The van der Waals surface area contributed by atoms with Crippen molar-refractivity contribution in [2.75, 3.05) is 26.3 Å². The monoisotopic (exact) mass is 422 g/mol. The molecule has 2 aliphatic heterocycles. The average Bonchev–Trinajstić information content (AvgIpc) is 3.35. The lowest BCUT2D eigenvalue weighted by Gasteiger charge is -2.37. The summed E-state index contributed by atoms with van der Waals surface area (Å²) in [6, 6.07) is 14.9. The van der Waals surface area contributed by atoms with Gasteiger partial charge in [-0.3, -0.25) is 4.79 Å². The van der Waals surface area contributed by atoms with Gasteiger partial charge in [0.05, 0.1) is 30.3 Å². The molecule has 2 aromatic carbocycles. The number of aryl methyl sites for hydroxylation is 1. The van der Waals surface area contributed by atoms with Gasteiger partial charge in [-0.25, -0.2) is 4.98 Å². The molecule has 5 nitrogen and oxygen atoms in total. The van der Waals surface area contributed by atoms with Crippen LogP contribution in [-0.2, 0) is 27.1 Å². The first-order valence-electron chi connectivity index (χ1n) is 10.6. The normalized spacial score (nSPS) is 18.4. The molecule has 1 amide bonds. The summed E-state index contributed by atoms with van der Waals surface area (Å²) in [5, 5.41) is 3.58. The first kappa shape index (κ1) is 19.7. The van der Waals surface area contributed by atoms with Crippen LogP contribution < -0.4 is 0 Å². The summed E-state index contributed by atoms with van der Waals surface area (Å²) in [6.07, 6.45) is 2.73. The van der Waals surface area contributed by atoms with Crippen LogP contribution in [0.1, 0.15) is 34.0 Å². The van der Waals surface area contributed by atoms with Crippen molar-refractivity contribution in [2.24, 2.45) is 0 Å². The van der Waals surface area contributed by atoms with E-state index in [0.29, 0.717) is 32.7 Å². The van der Waals surface area contributed by atoms with Gasteiger partial charge in [-0.1, -0.05) is 42.5 Å². The van der Waals surface area contributed by atoms with Crippen LogP contribution in [-0.4, -0.2) is 47.9 Å². The predicted molar refractivity (Wildman–Crippen MR) is 118 cm³/mol. The van der Waals surface area contributed by atoms with E-state index in [2.05, 4.69) is 42.5 Å². The summed E-state index contributed by atoms with van der Waals surface area (Å²) in [7, 11) is 0. The van der Waals surface area contributed by atoms with Crippen molar-refractivity contribution in [3.8, 4) is 0 Å². The van der Waals surface area contributed by atoms with Gasteiger partial charge in [0.25, 0.3) is 0 Å². The second kappa shape index (κ2) is 8.10. The number of likely N-dealkylation sites (tertiary alicyclic amines) is 1. The van der Waals surface area contributed by atoms with E-state index in [-0.39, 0.29) is 5.91 Å². The van der Waals surface area contributed by atoms with Crippen LogP contribution in [0.15, 0.2) is 42.5 Å². The highest BCUT2D eigenvalue weighted by Gasteiger charge is 2.40. The Kier molecular flexibility index (Phi) is 5.31. The number of ether oxygens (including phenoxy) is 2. The molecule has 0 saturated carbocycles. The maximum absolute atomic E-state index is 12.9. The van der Waals surface area contributed by atoms with Crippen molar-refractivity contribution < 1.29 is 14.3 Å². The second-order valence-corrected chi connectivity index (χ2v) is 9.26. The number of amides is 1. The third-order valence-corrected chi connectivity index (χ3v) is 7.32. The van der Waals surface area contributed by atoms with Crippen molar-refractivity contribution >= 4 is 28.0 Å². The molecule has 3 aromatic rings. The first-order chi connectivity index (χ1) is 14.6. The number of hydrogen-bond acceptors (Lipinski definition) is 5. The zero-order chi connectivity index (χ0) is 20.6. The molecule has 2 fully saturated rings. The van der Waals surface area contributed by atoms with Crippen molar-refractivity contribution in [1.29, 1.82) is 0 Å². The third kappa shape index (κ3) is 3.87. The second-order valence-electron chi connectivity index (χ2n) is 8.10. The number of carbonyl (C=O) groups is 1. The molecular formula is C24H26N2O3S. The molecular weight excluding hydrogens is 396 g/mol. The summed E-state index contributed by atoms with van der Waals surface area (Å²) in [5.41, 5.74) is 2.25. The number of aromatic nitrogens is 1. The molecule has 2 aliphatic rings. The van der Waals surface area contributed by atoms with Crippen LogP contribution in [0.2, 0.25) is 0 Å². The van der Waals surface area contributed by atoms with Gasteiger partial charge in [-0.2, -0.15) is 0 Å². The molecule has 0 aliphatic carbocycles. The zero-order valence-electron chi connectivity index (χ0n) is 17.2. The molecule has 0 atom stereocenters. The highest BCUT2D eigenvalue weighted by molar-refractivity contribution is 7.11. The topological polar surface area (TPSA) is 51.7 Å². The van der Waals surface area contributed by atoms with Gasteiger partial charge in [-0.05, 0) is 23.3 Å². The lowest BCUT2D eigenvalue weighted by molar-refractivity contribution is -0.187. The summed E-state index contributed by atoms with van der Waals surface area (Å²) >= 11 is 1.67. The quantitative estimate of drug-likeness (QED) is 0.635. The van der Waals surface area contributed by atoms with Gasteiger partial charge in [0.1, 0.15) is 0 Å². The molecule has 0 radical (unpaired) electrons. The number of benzene rings is 2. The van der Waals surface area contributed by atoms with Gasteiger partial charge in [0.15, 0.2) is 5.79 Å². The smallest absolute Gasteiger partial charge is 0.227 e. The third-order valence-electron chi connectivity index (χ3n) is 6.16. The molecule has 5 rings (SSSR count). The van der Waals surface area contributed by atoms with Gasteiger partial charge in [0, 0.05) is 37.2 Å². The van der Waals surface area contributed by atoms with Crippen molar-refractivity contribution in [2.45, 2.75) is 38.4 Å². The van der Waals surface area contributed by atoms with Crippen molar-refractivity contribution in [1.82, 2.24) is 9.88 Å². The van der Waals surface area contributed by atoms with E-state index in [9.17, 15) is 4.79 Å². The molecule has 6 heteroatoms. The fourth-order valence-electron chi connectivity index (χ4n) is 4.47. The Morgan fingerprint density at radius 1 is 1.10 bits per heavy atom. The van der Waals surface area contributed by atoms with Crippen LogP contribution >= 0.6 is 11.3 Å². The molecule has 2 saturated heterocycles. The lowest BCUT2D eigenvalue weighted by Crippen LogP contribution is -2.47. The average molecular weight is 423 g/mol. The standard InChI is InChI=1S/C24H26N2O3S/c1-17-21(16-23(27)26-11-9-24(10-12-26)28-13-14-29-24)30-22(25-17)15-19-7-4-6-18-5-2-3-8-20(18)19/h2-8H,9-16H2,1H3. The number of rotatable bonds is 4. The van der Waals surface area contributed by atoms with Crippen LogP contribution in [0, 0.1) is 6.92 Å². The number of carbonyl (C=O) groups excluding carboxylic acids is 1. The Morgan fingerprint density at radius 3 is 2.63 bits per heavy atom. The van der Waals surface area contributed by atoms with E-state index < -0.39 is 5.79 Å². The Balaban J connectivity index is 1.26. The largest absolute Gasteiger partial charge is 0.347 e. The fraction of sp³-hybridized carbons (Fsp3) is 0.417. The summed E-state index contributed by atoms with van der Waals surface area (Å²) in [6.45, 7) is 4.72. The number of nitrogens with zero attached hydrogens (tertiary/aromatic N) is 2. The minimum atomic E-state index is -0.442. The number of thiazole rings is 1. The molecule has 156 valence electrons. The Hall–Kier alpha value is -2.28. The molecule has 0 N–H and O–H groups in total. The summed E-state index contributed by atoms with van der Waals surface area (Å²) in [5.74, 6) is -0.269. The SMILES string of the molecule is Cc1nc(Cc2cccc3ccccc23)sc1CC(=O)N1CCC2(CC1)OCCO2. The molecule has 1 aromatic heterocycles. The first-order valence-corrected chi connectivity index (χ1v) is 11.4. The molecule has 0 bridgehead atoms. The molecule has 3 heterocycles. The Labute approximate surface area is 180 Å². The van der Waals surface area contributed by atoms with Gasteiger partial charge in [-0.15, -0.1) is 11.3 Å². The minimum Gasteiger partial charge on any atom is -0.347 e. The number of fused-ring (bicyclic) bond motifs is 1. The zero-order valence-corrected chi connectivity index (χ0v) is 18.0. The van der Waals surface area contributed by atoms with E-state index in [1.807, 2.05) is 11.8 Å². The van der Waals surface area contributed by atoms with Crippen LogP contribution in [0.25, 0.3) is 10.8 Å². The van der Waals surface area contributed by atoms with Gasteiger partial charge >= 0.3 is 0 Å².